The number of para-hydroxylation sites is 2. The first kappa shape index (κ1) is 11.1. The van der Waals surface area contributed by atoms with Gasteiger partial charge in [-0.3, -0.25) is 0 Å². The standard InChI is InChI=1S/C16H18N2/c1-12-8-10-13(11-9-12)16-17(2)14-6-4-5-7-15(14)18(16)3/h4-11,16H,1-3H3. The third-order valence-corrected chi connectivity index (χ3v) is 3.75. The summed E-state index contributed by atoms with van der Waals surface area (Å²) in [6.45, 7) is 2.13. The predicted octanol–water partition coefficient (Wildman–Crippen LogP) is 3.58. The van der Waals surface area contributed by atoms with Crippen LogP contribution in [-0.4, -0.2) is 14.1 Å². The van der Waals surface area contributed by atoms with E-state index in [0.717, 1.165) is 0 Å². The Morgan fingerprint density at radius 3 is 1.78 bits per heavy atom. The van der Waals surface area contributed by atoms with E-state index in [-0.39, 0.29) is 0 Å². The molecule has 0 amide bonds. The van der Waals surface area contributed by atoms with Crippen molar-refractivity contribution in [3.05, 3.63) is 59.7 Å². The molecular formula is C16H18N2. The fourth-order valence-electron chi connectivity index (χ4n) is 2.77. The fourth-order valence-corrected chi connectivity index (χ4v) is 2.77. The first-order chi connectivity index (χ1) is 8.68. The zero-order chi connectivity index (χ0) is 12.7. The highest BCUT2D eigenvalue weighted by Crippen LogP contribution is 2.43. The van der Waals surface area contributed by atoms with Gasteiger partial charge in [-0.1, -0.05) is 42.0 Å². The van der Waals surface area contributed by atoms with E-state index in [9.17, 15) is 0 Å². The largest absolute Gasteiger partial charge is 0.349 e. The zero-order valence-corrected chi connectivity index (χ0v) is 11.1. The average molecular weight is 238 g/mol. The minimum absolute atomic E-state index is 0.294. The second-order valence-corrected chi connectivity index (χ2v) is 4.99. The van der Waals surface area contributed by atoms with Gasteiger partial charge in [0, 0.05) is 14.1 Å². The van der Waals surface area contributed by atoms with Gasteiger partial charge in [0.15, 0.2) is 0 Å². The number of fused-ring (bicyclic) bond motifs is 1. The highest BCUT2D eigenvalue weighted by molar-refractivity contribution is 5.77. The summed E-state index contributed by atoms with van der Waals surface area (Å²) in [5.74, 6) is 0. The summed E-state index contributed by atoms with van der Waals surface area (Å²) in [6, 6.07) is 17.4. The second kappa shape index (κ2) is 4.05. The number of nitrogens with zero attached hydrogens (tertiary/aromatic N) is 2. The lowest BCUT2D eigenvalue weighted by Crippen LogP contribution is -2.30. The molecule has 0 N–H and O–H groups in total. The second-order valence-electron chi connectivity index (χ2n) is 4.99. The molecule has 1 aliphatic rings. The van der Waals surface area contributed by atoms with Gasteiger partial charge in [0.05, 0.1) is 11.4 Å². The van der Waals surface area contributed by atoms with Gasteiger partial charge in [-0.2, -0.15) is 0 Å². The van der Waals surface area contributed by atoms with E-state index >= 15 is 0 Å². The Balaban J connectivity index is 2.03. The first-order valence-electron chi connectivity index (χ1n) is 6.30. The van der Waals surface area contributed by atoms with Crippen LogP contribution in [0.25, 0.3) is 0 Å². The fraction of sp³-hybridized carbons (Fsp3) is 0.250. The monoisotopic (exact) mass is 238 g/mol. The van der Waals surface area contributed by atoms with Crippen LogP contribution in [0, 0.1) is 6.92 Å². The molecule has 0 radical (unpaired) electrons. The Morgan fingerprint density at radius 2 is 1.28 bits per heavy atom. The summed E-state index contributed by atoms with van der Waals surface area (Å²) in [6.07, 6.45) is 0.294. The zero-order valence-electron chi connectivity index (χ0n) is 11.1. The van der Waals surface area contributed by atoms with E-state index in [4.69, 9.17) is 0 Å². The minimum atomic E-state index is 0.294. The minimum Gasteiger partial charge on any atom is -0.349 e. The van der Waals surface area contributed by atoms with Crippen molar-refractivity contribution in [2.24, 2.45) is 0 Å². The van der Waals surface area contributed by atoms with Crippen molar-refractivity contribution < 1.29 is 0 Å². The van der Waals surface area contributed by atoms with Gasteiger partial charge < -0.3 is 9.80 Å². The molecule has 2 nitrogen and oxygen atoms in total. The third-order valence-electron chi connectivity index (χ3n) is 3.75. The molecule has 2 heteroatoms. The van der Waals surface area contributed by atoms with E-state index in [1.165, 1.54) is 22.5 Å². The van der Waals surface area contributed by atoms with Gasteiger partial charge in [-0.25, -0.2) is 0 Å². The summed E-state index contributed by atoms with van der Waals surface area (Å²) in [4.78, 5) is 4.67. The number of hydrogen-bond donors (Lipinski definition) is 0. The lowest BCUT2D eigenvalue weighted by Gasteiger charge is -2.28. The summed E-state index contributed by atoms with van der Waals surface area (Å²) in [5, 5.41) is 0. The molecule has 92 valence electrons. The summed E-state index contributed by atoms with van der Waals surface area (Å²) in [7, 11) is 4.32. The van der Waals surface area contributed by atoms with Crippen molar-refractivity contribution in [3.8, 4) is 0 Å². The molecule has 0 aromatic heterocycles. The van der Waals surface area contributed by atoms with Crippen LogP contribution in [-0.2, 0) is 0 Å². The van der Waals surface area contributed by atoms with Gasteiger partial charge in [0.25, 0.3) is 0 Å². The summed E-state index contributed by atoms with van der Waals surface area (Å²) >= 11 is 0. The number of hydrogen-bond acceptors (Lipinski definition) is 2. The SMILES string of the molecule is Cc1ccc(C2N(C)c3ccccc3N2C)cc1. The molecule has 2 aromatic carbocycles. The molecule has 0 fully saturated rings. The summed E-state index contributed by atoms with van der Waals surface area (Å²) < 4.78 is 0. The third kappa shape index (κ3) is 1.57. The Kier molecular flexibility index (Phi) is 2.51. The topological polar surface area (TPSA) is 6.48 Å². The molecule has 0 atom stereocenters. The van der Waals surface area contributed by atoms with Crippen LogP contribution in [0.2, 0.25) is 0 Å². The first-order valence-corrected chi connectivity index (χ1v) is 6.30. The van der Waals surface area contributed by atoms with Gasteiger partial charge in [-0.05, 0) is 24.6 Å². The normalized spacial score (nSPS) is 15.1. The smallest absolute Gasteiger partial charge is 0.128 e. The van der Waals surface area contributed by atoms with Crippen LogP contribution in [0.3, 0.4) is 0 Å². The van der Waals surface area contributed by atoms with Gasteiger partial charge >= 0.3 is 0 Å². The number of anilines is 2. The number of benzene rings is 2. The van der Waals surface area contributed by atoms with Crippen molar-refractivity contribution in [1.82, 2.24) is 0 Å². The highest BCUT2D eigenvalue weighted by atomic mass is 15.4. The molecule has 1 heterocycles. The average Bonchev–Trinajstić information content (AvgIpc) is 2.64. The highest BCUT2D eigenvalue weighted by Gasteiger charge is 2.31. The number of rotatable bonds is 1. The van der Waals surface area contributed by atoms with E-state index in [1.54, 1.807) is 0 Å². The van der Waals surface area contributed by atoms with E-state index in [1.807, 2.05) is 0 Å². The molecule has 0 aliphatic carbocycles. The van der Waals surface area contributed by atoms with E-state index in [2.05, 4.69) is 79.3 Å². The van der Waals surface area contributed by atoms with E-state index in [0.29, 0.717) is 6.17 Å². The Labute approximate surface area is 108 Å². The van der Waals surface area contributed by atoms with Crippen LogP contribution in [0.15, 0.2) is 48.5 Å². The Hall–Kier alpha value is -1.96. The van der Waals surface area contributed by atoms with Crippen molar-refractivity contribution in [3.63, 3.8) is 0 Å². The molecule has 3 rings (SSSR count). The quantitative estimate of drug-likeness (QED) is 0.749. The molecule has 18 heavy (non-hydrogen) atoms. The van der Waals surface area contributed by atoms with Crippen LogP contribution >= 0.6 is 0 Å². The maximum atomic E-state index is 2.33. The molecule has 0 saturated carbocycles. The molecule has 1 aliphatic heterocycles. The molecule has 0 saturated heterocycles. The van der Waals surface area contributed by atoms with Crippen LogP contribution < -0.4 is 9.80 Å². The van der Waals surface area contributed by atoms with Crippen molar-refractivity contribution >= 4 is 11.4 Å². The maximum Gasteiger partial charge on any atom is 0.128 e. The molecule has 2 aromatic rings. The lowest BCUT2D eigenvalue weighted by atomic mass is 10.1. The lowest BCUT2D eigenvalue weighted by molar-refractivity contribution is 0.694. The van der Waals surface area contributed by atoms with E-state index < -0.39 is 0 Å². The molecule has 0 bridgehead atoms. The van der Waals surface area contributed by atoms with Crippen LogP contribution in [0.1, 0.15) is 17.3 Å². The van der Waals surface area contributed by atoms with Crippen molar-refractivity contribution in [1.29, 1.82) is 0 Å². The maximum absolute atomic E-state index is 2.33. The van der Waals surface area contributed by atoms with Crippen molar-refractivity contribution in [2.45, 2.75) is 13.1 Å². The van der Waals surface area contributed by atoms with Crippen LogP contribution in [0.4, 0.5) is 11.4 Å². The Morgan fingerprint density at radius 1 is 0.778 bits per heavy atom. The molecular weight excluding hydrogens is 220 g/mol. The molecule has 0 spiro atoms. The number of aryl methyl sites for hydroxylation is 1. The Bertz CT molecular complexity index is 531. The van der Waals surface area contributed by atoms with Gasteiger partial charge in [0.1, 0.15) is 6.17 Å². The predicted molar refractivity (Wildman–Crippen MR) is 77.2 cm³/mol. The van der Waals surface area contributed by atoms with Gasteiger partial charge in [-0.15, -0.1) is 0 Å². The molecule has 0 unspecified atom stereocenters. The van der Waals surface area contributed by atoms with Crippen molar-refractivity contribution in [2.75, 3.05) is 23.9 Å². The van der Waals surface area contributed by atoms with Gasteiger partial charge in [0.2, 0.25) is 0 Å². The summed E-state index contributed by atoms with van der Waals surface area (Å²) in [5.41, 5.74) is 5.23. The van der Waals surface area contributed by atoms with Crippen LogP contribution in [0.5, 0.6) is 0 Å².